The number of likely N-dealkylation sites (tertiary alicyclic amines) is 6. The van der Waals surface area contributed by atoms with Crippen molar-refractivity contribution in [3.8, 4) is 0 Å². The molecule has 0 spiro atoms. The predicted molar refractivity (Wildman–Crippen MR) is 486 cm³/mol. The highest BCUT2D eigenvalue weighted by Crippen LogP contribution is 2.46. The second-order valence-electron chi connectivity index (χ2n) is 37.8. The van der Waals surface area contributed by atoms with Crippen molar-refractivity contribution in [3.05, 3.63) is 261 Å². The van der Waals surface area contributed by atoms with E-state index in [0.29, 0.717) is 65.1 Å². The maximum atomic E-state index is 13.3. The Morgan fingerprint density at radius 2 is 0.805 bits per heavy atom. The van der Waals surface area contributed by atoms with E-state index in [1.54, 1.807) is 22.7 Å². The fourth-order valence-corrected chi connectivity index (χ4v) is 25.4. The number of aromatic nitrogens is 3. The minimum Gasteiger partial charge on any atom is -0.480 e. The number of carbonyl (C=O) groups is 3. The first-order valence-electron chi connectivity index (χ1n) is 46.1. The molecule has 654 valence electrons. The molecule has 18 rings (SSSR count). The van der Waals surface area contributed by atoms with Crippen LogP contribution in [0.4, 0.5) is 13.2 Å². The lowest BCUT2D eigenvalue weighted by Crippen LogP contribution is -2.46. The van der Waals surface area contributed by atoms with Crippen molar-refractivity contribution in [2.24, 2.45) is 35.5 Å². The summed E-state index contributed by atoms with van der Waals surface area (Å²) in [7, 11) is 0. The largest absolute Gasteiger partial charge is 0.480 e. The van der Waals surface area contributed by atoms with E-state index in [0.717, 1.165) is 232 Å². The molecule has 6 aromatic carbocycles. The average molecular weight is 1730 g/mol. The molecule has 0 bridgehead atoms. The summed E-state index contributed by atoms with van der Waals surface area (Å²) in [5.41, 5.74) is 11.0. The monoisotopic (exact) mass is 1730 g/mol. The van der Waals surface area contributed by atoms with Gasteiger partial charge in [-0.1, -0.05) is 178 Å². The van der Waals surface area contributed by atoms with Gasteiger partial charge >= 0.3 is 17.9 Å². The summed E-state index contributed by atoms with van der Waals surface area (Å²) in [5, 5.41) is 33.9. The third-order valence-corrected chi connectivity index (χ3v) is 32.7. The summed E-state index contributed by atoms with van der Waals surface area (Å²) in [6.45, 7) is 21.0. The molecule has 3 saturated carbocycles. The van der Waals surface area contributed by atoms with E-state index in [9.17, 15) is 42.9 Å². The number of thiazole rings is 3. The van der Waals surface area contributed by atoms with Crippen molar-refractivity contribution in [3.63, 3.8) is 0 Å². The number of nitrogens with zero attached hydrogens (tertiary/aromatic N) is 9. The number of hydrogen-bond donors (Lipinski definition) is 3. The summed E-state index contributed by atoms with van der Waals surface area (Å²) in [4.78, 5) is 70.4. The van der Waals surface area contributed by atoms with Gasteiger partial charge in [-0.05, 0) is 247 Å². The molecule has 3 aliphatic carbocycles. The SMILES string of the molecule is Cc1cccc([C@H]2CN([C@H](CC3CC3)C(=O)O)C[C@@H]2CN2CCC(c3cnc(Cc4ccc(F)cc4)s3)CC2)c1.Cc1cccc([C@H]2CN([C@H](CC3CCC3)C(=O)O)C[C@@H]2CN2CCC(c3sc(Cc4ccc(F)cc4)nc3C)CC2)c1.O=C(O)[C@@H](C1CCCCC1)N1C[C@H](CN2CCC(c3cnc(Cc4ccc(F)cc4)s3)CC2)[C@@H](c2ccccc2)C1. The first-order valence-corrected chi connectivity index (χ1v) is 48.6. The summed E-state index contributed by atoms with van der Waals surface area (Å²) in [5.74, 6) is 2.93. The highest BCUT2D eigenvalue weighted by atomic mass is 32.1. The van der Waals surface area contributed by atoms with Gasteiger partial charge in [0, 0.05) is 123 Å². The Bertz CT molecular complexity index is 4900. The van der Waals surface area contributed by atoms with Gasteiger partial charge in [-0.25, -0.2) is 28.1 Å². The Hall–Kier alpha value is -7.83. The van der Waals surface area contributed by atoms with E-state index in [-0.39, 0.29) is 41.5 Å². The third-order valence-electron chi connectivity index (χ3n) is 29.0. The molecule has 15 nitrogen and oxygen atoms in total. The minimum absolute atomic E-state index is 0.201. The lowest BCUT2D eigenvalue weighted by molar-refractivity contribution is -0.146. The van der Waals surface area contributed by atoms with Gasteiger partial charge in [0.1, 0.15) is 35.6 Å². The lowest BCUT2D eigenvalue weighted by atomic mass is 9.80. The zero-order chi connectivity index (χ0) is 85.0. The smallest absolute Gasteiger partial charge is 0.321 e. The first-order chi connectivity index (χ1) is 59.8. The zero-order valence-corrected chi connectivity index (χ0v) is 74.6. The van der Waals surface area contributed by atoms with Gasteiger partial charge in [-0.2, -0.15) is 0 Å². The molecule has 3 aromatic heterocycles. The number of carboxylic acid groups (broad SMARTS) is 3. The Labute approximate surface area is 738 Å². The average Bonchev–Trinajstić information content (AvgIpc) is 1.65. The van der Waals surface area contributed by atoms with Crippen molar-refractivity contribution in [1.29, 1.82) is 0 Å². The maximum absolute atomic E-state index is 13.3. The highest BCUT2D eigenvalue weighted by molar-refractivity contribution is 7.12. The molecular weight excluding hydrogens is 1600 g/mol. The molecule has 9 aromatic rings. The molecule has 9 fully saturated rings. The molecule has 9 heterocycles. The van der Waals surface area contributed by atoms with E-state index in [2.05, 4.69) is 151 Å². The van der Waals surface area contributed by atoms with Gasteiger partial charge in [-0.15, -0.1) is 34.0 Å². The van der Waals surface area contributed by atoms with E-state index >= 15 is 0 Å². The van der Waals surface area contributed by atoms with Crippen LogP contribution in [0.25, 0.3) is 0 Å². The molecule has 0 unspecified atom stereocenters. The number of aliphatic carboxylic acids is 3. The quantitative estimate of drug-likeness (QED) is 0.0404. The van der Waals surface area contributed by atoms with Crippen molar-refractivity contribution < 1.29 is 42.9 Å². The number of hydrogen-bond acceptors (Lipinski definition) is 15. The Kier molecular flexibility index (Phi) is 30.1. The lowest BCUT2D eigenvalue weighted by Gasteiger charge is -2.35. The van der Waals surface area contributed by atoms with Crippen LogP contribution < -0.4 is 0 Å². The first kappa shape index (κ1) is 88.6. The van der Waals surface area contributed by atoms with Gasteiger partial charge < -0.3 is 30.0 Å². The van der Waals surface area contributed by atoms with Crippen LogP contribution in [0.2, 0.25) is 0 Å². The van der Waals surface area contributed by atoms with Crippen LogP contribution in [-0.4, -0.2) is 194 Å². The number of carboxylic acids is 3. The summed E-state index contributed by atoms with van der Waals surface area (Å²) >= 11 is 5.44. The van der Waals surface area contributed by atoms with Crippen molar-refractivity contribution in [2.75, 3.05) is 98.2 Å². The molecule has 6 aliphatic heterocycles. The molecule has 3 N–H and O–H groups in total. The van der Waals surface area contributed by atoms with Crippen LogP contribution in [0.15, 0.2) is 164 Å². The van der Waals surface area contributed by atoms with Gasteiger partial charge in [0.25, 0.3) is 0 Å². The number of aryl methyl sites for hydroxylation is 3. The predicted octanol–water partition coefficient (Wildman–Crippen LogP) is 20.2. The topological polar surface area (TPSA) is 170 Å². The van der Waals surface area contributed by atoms with E-state index in [1.807, 2.05) is 47.7 Å². The van der Waals surface area contributed by atoms with E-state index in [4.69, 9.17) is 4.98 Å². The van der Waals surface area contributed by atoms with Crippen molar-refractivity contribution >= 4 is 51.9 Å². The van der Waals surface area contributed by atoms with Crippen LogP contribution in [0.1, 0.15) is 231 Å². The van der Waals surface area contributed by atoms with Gasteiger partial charge in [0.2, 0.25) is 0 Å². The second-order valence-corrected chi connectivity index (χ2v) is 41.2. The number of rotatable bonds is 29. The summed E-state index contributed by atoms with van der Waals surface area (Å²) in [6.07, 6.45) is 26.4. The van der Waals surface area contributed by atoms with Gasteiger partial charge in [0.15, 0.2) is 0 Å². The number of piperidine rings is 3. The number of halogens is 3. The summed E-state index contributed by atoms with van der Waals surface area (Å²) < 4.78 is 39.8. The van der Waals surface area contributed by atoms with Crippen LogP contribution in [0.5, 0.6) is 0 Å². The molecule has 0 radical (unpaired) electrons. The van der Waals surface area contributed by atoms with Crippen molar-refractivity contribution in [1.82, 2.24) is 44.4 Å². The van der Waals surface area contributed by atoms with Crippen molar-refractivity contribution in [2.45, 2.75) is 209 Å². The van der Waals surface area contributed by atoms with Crippen LogP contribution in [0.3, 0.4) is 0 Å². The Morgan fingerprint density at radius 3 is 1.21 bits per heavy atom. The molecular formula is C102H126F3N9O6S3. The van der Waals surface area contributed by atoms with Crippen LogP contribution >= 0.6 is 34.0 Å². The van der Waals surface area contributed by atoms with Crippen LogP contribution in [-0.2, 0) is 33.6 Å². The molecule has 6 saturated heterocycles. The van der Waals surface area contributed by atoms with Crippen LogP contribution in [0, 0.1) is 73.7 Å². The molecule has 9 atom stereocenters. The molecule has 21 heteroatoms. The minimum atomic E-state index is -0.653. The fourth-order valence-electron chi connectivity index (χ4n) is 21.9. The van der Waals surface area contributed by atoms with E-state index in [1.165, 1.54) is 117 Å². The molecule has 123 heavy (non-hydrogen) atoms. The second kappa shape index (κ2) is 41.7. The molecule has 0 amide bonds. The highest BCUT2D eigenvalue weighted by Gasteiger charge is 2.47. The van der Waals surface area contributed by atoms with E-state index < -0.39 is 17.9 Å². The maximum Gasteiger partial charge on any atom is 0.321 e. The Balaban J connectivity index is 0.000000137. The number of benzene rings is 6. The molecule has 9 aliphatic rings. The standard InChI is InChI=1S/C35H44FN3O2S.C34H42FN3O2S.C33H40FN3O2S/c1-23-5-3-8-28(17-23)31-22-39(32(35(40)41)18-25-6-4-7-25)21-29(31)20-38-15-13-27(14-16-38)34-24(2)37-33(42-34)19-26-9-11-30(36)12-10-26;35-29-13-11-24(12-14-29)19-32-36-20-31(41-32)26-15-17-37(18-16-26)21-28-22-38(23-30(28)25-7-3-1-4-8-25)33(34(39)40)27-9-5-2-6-10-27;1-22-3-2-4-26(15-22)29-21-37(30(33(38)39)16-23-5-6-23)20-27(29)19-36-13-11-25(12-14-36)31-18-35-32(40-31)17-24-7-9-28(34)10-8-24/h3,5,8-12,17,25,27,29,31-32H,4,6-7,13-16,18-22H2,1-2H3,(H,40,41);1,3-4,7-8,11-14,20,26-28,30,33H,2,5-6,9-10,15-19,21-23H2,(H,39,40);2-4,7-10,15,18,23,25,27,29-30H,5-6,11-14,16-17,19-21H2,1H3,(H,38,39)/t29-,31+,32+;28-,30+,33+;27-,29+,30+/m000/s1. The third kappa shape index (κ3) is 23.5. The normalized spacial score (nSPS) is 23.6. The Morgan fingerprint density at radius 1 is 0.407 bits per heavy atom. The fraction of sp³-hybridized carbons (Fsp3) is 0.529. The zero-order valence-electron chi connectivity index (χ0n) is 72.2. The van der Waals surface area contributed by atoms with Gasteiger partial charge in [0.05, 0.1) is 20.7 Å². The summed E-state index contributed by atoms with van der Waals surface area (Å²) in [6, 6.07) is 47.6. The van der Waals surface area contributed by atoms with Gasteiger partial charge in [-0.3, -0.25) is 29.1 Å².